The highest BCUT2D eigenvalue weighted by Gasteiger charge is 2.11. The maximum atomic E-state index is 13.7. The quantitative estimate of drug-likeness (QED) is 0.889. The standard InChI is InChI=1S/C12H12FN3O2S/c13-11-7-10(19(14,17)18)1-2-12(11)16-8-9-3-5-15-6-4-9/h1-7,16H,8H2,(H2,14,17,18). The first-order chi connectivity index (χ1) is 8.97. The molecule has 7 heteroatoms. The molecule has 2 aromatic rings. The van der Waals surface area contributed by atoms with Crippen molar-refractivity contribution >= 4 is 15.7 Å². The Morgan fingerprint density at radius 1 is 1.21 bits per heavy atom. The first-order valence-electron chi connectivity index (χ1n) is 5.42. The predicted molar refractivity (Wildman–Crippen MR) is 69.3 cm³/mol. The fourth-order valence-electron chi connectivity index (χ4n) is 1.51. The summed E-state index contributed by atoms with van der Waals surface area (Å²) in [4.78, 5) is 3.62. The van der Waals surface area contributed by atoms with E-state index in [9.17, 15) is 12.8 Å². The van der Waals surface area contributed by atoms with Crippen LogP contribution in [0, 0.1) is 5.82 Å². The summed E-state index contributed by atoms with van der Waals surface area (Å²) in [6, 6.07) is 7.08. The van der Waals surface area contributed by atoms with E-state index in [4.69, 9.17) is 5.14 Å². The molecule has 100 valence electrons. The van der Waals surface area contributed by atoms with Gasteiger partial charge in [0.05, 0.1) is 10.6 Å². The van der Waals surface area contributed by atoms with Crippen LogP contribution in [0.1, 0.15) is 5.56 Å². The monoisotopic (exact) mass is 281 g/mol. The fraction of sp³-hybridized carbons (Fsp3) is 0.0833. The van der Waals surface area contributed by atoms with Crippen molar-refractivity contribution in [3.63, 3.8) is 0 Å². The Morgan fingerprint density at radius 3 is 2.47 bits per heavy atom. The van der Waals surface area contributed by atoms with Crippen LogP contribution in [0.2, 0.25) is 0 Å². The number of nitrogens with two attached hydrogens (primary N) is 1. The largest absolute Gasteiger partial charge is 0.379 e. The molecule has 0 saturated carbocycles. The van der Waals surface area contributed by atoms with Crippen LogP contribution < -0.4 is 10.5 Å². The molecule has 0 unspecified atom stereocenters. The van der Waals surface area contributed by atoms with Gasteiger partial charge in [-0.2, -0.15) is 0 Å². The lowest BCUT2D eigenvalue weighted by molar-refractivity contribution is 0.593. The molecule has 0 aliphatic carbocycles. The Kier molecular flexibility index (Phi) is 3.77. The highest BCUT2D eigenvalue weighted by molar-refractivity contribution is 7.89. The number of rotatable bonds is 4. The summed E-state index contributed by atoms with van der Waals surface area (Å²) in [6.45, 7) is 0.411. The zero-order valence-electron chi connectivity index (χ0n) is 9.88. The van der Waals surface area contributed by atoms with E-state index < -0.39 is 15.8 Å². The van der Waals surface area contributed by atoms with Crippen molar-refractivity contribution < 1.29 is 12.8 Å². The molecular weight excluding hydrogens is 269 g/mol. The number of nitrogens with one attached hydrogen (secondary N) is 1. The molecule has 0 fully saturated rings. The molecule has 0 atom stereocenters. The van der Waals surface area contributed by atoms with Gasteiger partial charge in [0, 0.05) is 18.9 Å². The number of sulfonamides is 1. The molecule has 3 N–H and O–H groups in total. The second-order valence-electron chi connectivity index (χ2n) is 3.90. The maximum absolute atomic E-state index is 13.7. The van der Waals surface area contributed by atoms with Gasteiger partial charge in [-0.15, -0.1) is 0 Å². The van der Waals surface area contributed by atoms with Crippen LogP contribution in [-0.4, -0.2) is 13.4 Å². The van der Waals surface area contributed by atoms with Gasteiger partial charge in [-0.3, -0.25) is 4.98 Å². The Morgan fingerprint density at radius 2 is 1.89 bits per heavy atom. The highest BCUT2D eigenvalue weighted by Crippen LogP contribution is 2.18. The zero-order chi connectivity index (χ0) is 13.9. The van der Waals surface area contributed by atoms with Crippen molar-refractivity contribution in [2.45, 2.75) is 11.4 Å². The highest BCUT2D eigenvalue weighted by atomic mass is 32.2. The van der Waals surface area contributed by atoms with E-state index in [0.29, 0.717) is 6.54 Å². The van der Waals surface area contributed by atoms with Crippen LogP contribution >= 0.6 is 0 Å². The van der Waals surface area contributed by atoms with Crippen LogP contribution in [0.5, 0.6) is 0 Å². The lowest BCUT2D eigenvalue weighted by Crippen LogP contribution is -2.12. The number of anilines is 1. The Balaban J connectivity index is 2.14. The van der Waals surface area contributed by atoms with Crippen molar-refractivity contribution in [1.29, 1.82) is 0 Å². The minimum atomic E-state index is -3.89. The average molecular weight is 281 g/mol. The molecule has 0 radical (unpaired) electrons. The maximum Gasteiger partial charge on any atom is 0.238 e. The minimum Gasteiger partial charge on any atom is -0.379 e. The van der Waals surface area contributed by atoms with Crippen LogP contribution in [0.25, 0.3) is 0 Å². The number of aromatic nitrogens is 1. The van der Waals surface area contributed by atoms with E-state index in [2.05, 4.69) is 10.3 Å². The van der Waals surface area contributed by atoms with Gasteiger partial charge < -0.3 is 5.32 Å². The third-order valence-corrected chi connectivity index (χ3v) is 3.41. The van der Waals surface area contributed by atoms with Gasteiger partial charge >= 0.3 is 0 Å². The van der Waals surface area contributed by atoms with Gasteiger partial charge in [-0.25, -0.2) is 17.9 Å². The Labute approximate surface area is 110 Å². The third kappa shape index (κ3) is 3.49. The van der Waals surface area contributed by atoms with Gasteiger partial charge in [0.25, 0.3) is 0 Å². The first kappa shape index (κ1) is 13.4. The summed E-state index contributed by atoms with van der Waals surface area (Å²) in [5.74, 6) is -0.666. The van der Waals surface area contributed by atoms with Crippen LogP contribution in [0.4, 0.5) is 10.1 Å². The summed E-state index contributed by atoms with van der Waals surface area (Å²) in [5.41, 5.74) is 1.15. The van der Waals surface area contributed by atoms with E-state index in [1.165, 1.54) is 12.1 Å². The Hall–Kier alpha value is -1.99. The number of nitrogens with zero attached hydrogens (tertiary/aromatic N) is 1. The molecule has 5 nitrogen and oxygen atoms in total. The molecule has 0 saturated heterocycles. The van der Waals surface area contributed by atoms with Gasteiger partial charge in [0.1, 0.15) is 5.82 Å². The van der Waals surface area contributed by atoms with Crippen LogP contribution in [-0.2, 0) is 16.6 Å². The third-order valence-electron chi connectivity index (χ3n) is 2.50. The normalized spacial score (nSPS) is 11.3. The minimum absolute atomic E-state index is 0.212. The van der Waals surface area contributed by atoms with Gasteiger partial charge in [-0.1, -0.05) is 0 Å². The topological polar surface area (TPSA) is 85.1 Å². The fourth-order valence-corrected chi connectivity index (χ4v) is 2.04. The van der Waals surface area contributed by atoms with Crippen LogP contribution in [0.15, 0.2) is 47.6 Å². The molecule has 1 heterocycles. The molecule has 2 rings (SSSR count). The number of primary sulfonamides is 1. The van der Waals surface area contributed by atoms with Crippen molar-refractivity contribution in [2.75, 3.05) is 5.32 Å². The van der Waals surface area contributed by atoms with E-state index >= 15 is 0 Å². The van der Waals surface area contributed by atoms with E-state index in [0.717, 1.165) is 11.6 Å². The second kappa shape index (κ2) is 5.33. The number of hydrogen-bond acceptors (Lipinski definition) is 4. The number of pyridine rings is 1. The summed E-state index contributed by atoms with van der Waals surface area (Å²) in [5, 5.41) is 7.79. The van der Waals surface area contributed by atoms with E-state index in [-0.39, 0.29) is 10.6 Å². The molecule has 0 spiro atoms. The number of benzene rings is 1. The van der Waals surface area contributed by atoms with Crippen molar-refractivity contribution in [3.05, 3.63) is 54.1 Å². The summed E-state index contributed by atoms with van der Waals surface area (Å²) in [7, 11) is -3.89. The molecule has 1 aromatic carbocycles. The van der Waals surface area contributed by atoms with E-state index in [1.807, 2.05) is 0 Å². The van der Waals surface area contributed by atoms with Gasteiger partial charge in [0.2, 0.25) is 10.0 Å². The van der Waals surface area contributed by atoms with Crippen molar-refractivity contribution in [2.24, 2.45) is 5.14 Å². The van der Waals surface area contributed by atoms with Crippen molar-refractivity contribution in [1.82, 2.24) is 4.98 Å². The lowest BCUT2D eigenvalue weighted by Gasteiger charge is -2.08. The molecule has 0 aliphatic rings. The molecule has 0 amide bonds. The zero-order valence-corrected chi connectivity index (χ0v) is 10.7. The lowest BCUT2D eigenvalue weighted by atomic mass is 10.2. The first-order valence-corrected chi connectivity index (χ1v) is 6.96. The molecular formula is C12H12FN3O2S. The number of halogens is 1. The Bertz CT molecular complexity index is 675. The van der Waals surface area contributed by atoms with Gasteiger partial charge in [0.15, 0.2) is 0 Å². The van der Waals surface area contributed by atoms with Crippen LogP contribution in [0.3, 0.4) is 0 Å². The SMILES string of the molecule is NS(=O)(=O)c1ccc(NCc2ccncc2)c(F)c1. The summed E-state index contributed by atoms with van der Waals surface area (Å²) >= 11 is 0. The molecule has 0 aliphatic heterocycles. The van der Waals surface area contributed by atoms with Gasteiger partial charge in [-0.05, 0) is 35.9 Å². The molecule has 19 heavy (non-hydrogen) atoms. The van der Waals surface area contributed by atoms with E-state index in [1.54, 1.807) is 24.5 Å². The average Bonchev–Trinajstić information content (AvgIpc) is 2.37. The smallest absolute Gasteiger partial charge is 0.238 e. The number of hydrogen-bond donors (Lipinski definition) is 2. The summed E-state index contributed by atoms with van der Waals surface area (Å²) < 4.78 is 35.8. The second-order valence-corrected chi connectivity index (χ2v) is 5.46. The molecule has 1 aromatic heterocycles. The molecule has 0 bridgehead atoms. The summed E-state index contributed by atoms with van der Waals surface area (Å²) in [6.07, 6.45) is 3.27. The predicted octanol–water partition coefficient (Wildman–Crippen LogP) is 1.48. The van der Waals surface area contributed by atoms with Crippen molar-refractivity contribution in [3.8, 4) is 0 Å².